The van der Waals surface area contributed by atoms with E-state index in [1.165, 1.54) is 0 Å². The van der Waals surface area contributed by atoms with Gasteiger partial charge in [-0.15, -0.1) is 0 Å². The zero-order chi connectivity index (χ0) is 18.8. The van der Waals surface area contributed by atoms with E-state index in [9.17, 15) is 9.90 Å². The summed E-state index contributed by atoms with van der Waals surface area (Å²) in [6.45, 7) is 0.744. The molecule has 2 heterocycles. The van der Waals surface area contributed by atoms with E-state index < -0.39 is 12.0 Å². The molecule has 0 aliphatic carbocycles. The lowest BCUT2D eigenvalue weighted by Gasteiger charge is -2.33. The second-order valence-electron chi connectivity index (χ2n) is 6.86. The molecule has 0 saturated carbocycles. The summed E-state index contributed by atoms with van der Waals surface area (Å²) in [6.07, 6.45) is 5.16. The molecular weight excluding hydrogens is 340 g/mol. The van der Waals surface area contributed by atoms with E-state index in [2.05, 4.69) is 22.0 Å². The molecule has 27 heavy (non-hydrogen) atoms. The van der Waals surface area contributed by atoms with Gasteiger partial charge in [-0.3, -0.25) is 14.7 Å². The van der Waals surface area contributed by atoms with E-state index >= 15 is 0 Å². The molecule has 5 nitrogen and oxygen atoms in total. The normalized spacial score (nSPS) is 18.5. The molecule has 1 aliphatic rings. The number of benzene rings is 2. The van der Waals surface area contributed by atoms with Crippen LogP contribution < -0.4 is 4.74 Å². The fourth-order valence-electron chi connectivity index (χ4n) is 4.08. The van der Waals surface area contributed by atoms with Crippen molar-refractivity contribution in [1.29, 1.82) is 0 Å². The van der Waals surface area contributed by atoms with Gasteiger partial charge in [0.05, 0.1) is 13.2 Å². The number of nitrogens with zero attached hydrogens (tertiary/aromatic N) is 2. The molecule has 2 aromatic carbocycles. The molecule has 4 rings (SSSR count). The standard InChI is InChI=1S/C22H22N2O3/c1-27-20-7-3-2-5-18(20)21(24-12-4-6-19(24)22(25)26)16-8-9-17-14-23-11-10-15(17)13-16/h2-3,5,7-11,13-14,19,21H,4,6,12H2,1H3,(H,25,26). The second kappa shape index (κ2) is 7.37. The van der Waals surface area contributed by atoms with E-state index in [0.717, 1.165) is 40.6 Å². The predicted octanol–water partition coefficient (Wildman–Crippen LogP) is 3.88. The van der Waals surface area contributed by atoms with E-state index in [1.807, 2.05) is 42.6 Å². The van der Waals surface area contributed by atoms with Crippen LogP contribution in [-0.2, 0) is 4.79 Å². The quantitative estimate of drug-likeness (QED) is 0.746. The Labute approximate surface area is 158 Å². The average molecular weight is 362 g/mol. The summed E-state index contributed by atoms with van der Waals surface area (Å²) < 4.78 is 5.61. The fraction of sp³-hybridized carbons (Fsp3) is 0.273. The number of carbonyl (C=O) groups is 1. The van der Waals surface area contributed by atoms with Gasteiger partial charge in [-0.1, -0.05) is 30.3 Å². The van der Waals surface area contributed by atoms with Crippen LogP contribution in [-0.4, -0.2) is 40.7 Å². The molecule has 138 valence electrons. The summed E-state index contributed by atoms with van der Waals surface area (Å²) in [7, 11) is 1.65. The number of methoxy groups -OCH3 is 1. The topological polar surface area (TPSA) is 62.7 Å². The van der Waals surface area contributed by atoms with Crippen LogP contribution in [0, 0.1) is 0 Å². The van der Waals surface area contributed by atoms with Gasteiger partial charge in [-0.25, -0.2) is 0 Å². The SMILES string of the molecule is COc1ccccc1C(c1ccc2cnccc2c1)N1CCCC1C(=O)O. The molecule has 1 saturated heterocycles. The van der Waals surface area contributed by atoms with Crippen molar-refractivity contribution in [1.82, 2.24) is 9.88 Å². The molecule has 1 fully saturated rings. The molecule has 2 unspecified atom stereocenters. The largest absolute Gasteiger partial charge is 0.496 e. The first-order chi connectivity index (χ1) is 13.2. The third kappa shape index (κ3) is 3.26. The number of ether oxygens (including phenoxy) is 1. The first-order valence-electron chi connectivity index (χ1n) is 9.14. The number of aromatic nitrogens is 1. The van der Waals surface area contributed by atoms with Crippen LogP contribution in [0.2, 0.25) is 0 Å². The lowest BCUT2D eigenvalue weighted by atomic mass is 9.94. The molecule has 2 atom stereocenters. The minimum absolute atomic E-state index is 0.178. The van der Waals surface area contributed by atoms with E-state index in [4.69, 9.17) is 4.74 Å². The highest BCUT2D eigenvalue weighted by atomic mass is 16.5. The molecule has 3 aromatic rings. The van der Waals surface area contributed by atoms with Crippen molar-refractivity contribution in [3.63, 3.8) is 0 Å². The Morgan fingerprint density at radius 2 is 2.07 bits per heavy atom. The summed E-state index contributed by atoms with van der Waals surface area (Å²) in [4.78, 5) is 18.1. The van der Waals surface area contributed by atoms with Gasteiger partial charge in [0.2, 0.25) is 0 Å². The van der Waals surface area contributed by atoms with Crippen LogP contribution in [0.4, 0.5) is 0 Å². The number of fused-ring (bicyclic) bond motifs is 1. The number of carboxylic acid groups (broad SMARTS) is 1. The summed E-state index contributed by atoms with van der Waals surface area (Å²) >= 11 is 0. The Morgan fingerprint density at radius 3 is 2.89 bits per heavy atom. The summed E-state index contributed by atoms with van der Waals surface area (Å²) in [6, 6.07) is 15.4. The Hall–Kier alpha value is -2.92. The smallest absolute Gasteiger partial charge is 0.320 e. The molecule has 0 amide bonds. The van der Waals surface area contributed by atoms with Gasteiger partial charge in [-0.2, -0.15) is 0 Å². The maximum atomic E-state index is 11.9. The Bertz CT molecular complexity index is 972. The third-order valence-corrected chi connectivity index (χ3v) is 5.32. The van der Waals surface area contributed by atoms with E-state index in [0.29, 0.717) is 6.42 Å². The number of hydrogen-bond donors (Lipinski definition) is 1. The number of para-hydroxylation sites is 1. The molecule has 0 bridgehead atoms. The van der Waals surface area contributed by atoms with Crippen LogP contribution in [0.1, 0.15) is 30.0 Å². The van der Waals surface area contributed by atoms with Crippen molar-refractivity contribution in [3.8, 4) is 5.75 Å². The number of rotatable bonds is 5. The van der Waals surface area contributed by atoms with Crippen molar-refractivity contribution in [2.75, 3.05) is 13.7 Å². The minimum Gasteiger partial charge on any atom is -0.496 e. The van der Waals surface area contributed by atoms with Crippen molar-refractivity contribution in [2.24, 2.45) is 0 Å². The predicted molar refractivity (Wildman–Crippen MR) is 104 cm³/mol. The van der Waals surface area contributed by atoms with E-state index in [1.54, 1.807) is 13.3 Å². The maximum absolute atomic E-state index is 11.9. The fourth-order valence-corrected chi connectivity index (χ4v) is 4.08. The van der Waals surface area contributed by atoms with E-state index in [-0.39, 0.29) is 6.04 Å². The average Bonchev–Trinajstić information content (AvgIpc) is 3.18. The highest BCUT2D eigenvalue weighted by Gasteiger charge is 2.37. The van der Waals surface area contributed by atoms with Gasteiger partial charge in [0.25, 0.3) is 0 Å². The third-order valence-electron chi connectivity index (χ3n) is 5.32. The highest BCUT2D eigenvalue weighted by molar-refractivity contribution is 5.82. The highest BCUT2D eigenvalue weighted by Crippen LogP contribution is 2.39. The zero-order valence-electron chi connectivity index (χ0n) is 15.2. The molecule has 0 spiro atoms. The van der Waals surface area contributed by atoms with Gasteiger partial charge in [0.1, 0.15) is 11.8 Å². The van der Waals surface area contributed by atoms with Crippen molar-refractivity contribution >= 4 is 16.7 Å². The number of carboxylic acids is 1. The van der Waals surface area contributed by atoms with Crippen molar-refractivity contribution < 1.29 is 14.6 Å². The molecule has 1 aromatic heterocycles. The van der Waals surface area contributed by atoms with Crippen LogP contribution in [0.5, 0.6) is 5.75 Å². The van der Waals surface area contributed by atoms with Crippen molar-refractivity contribution in [2.45, 2.75) is 24.9 Å². The molecule has 5 heteroatoms. The monoisotopic (exact) mass is 362 g/mol. The first kappa shape index (κ1) is 17.5. The van der Waals surface area contributed by atoms with Crippen LogP contribution in [0.15, 0.2) is 60.9 Å². The molecule has 1 aliphatic heterocycles. The minimum atomic E-state index is -0.766. The zero-order valence-corrected chi connectivity index (χ0v) is 15.2. The first-order valence-corrected chi connectivity index (χ1v) is 9.14. The Kier molecular flexibility index (Phi) is 4.77. The number of likely N-dealkylation sites (tertiary alicyclic amines) is 1. The van der Waals surface area contributed by atoms with Gasteiger partial charge in [0, 0.05) is 29.9 Å². The summed E-state index contributed by atoms with van der Waals surface area (Å²) in [5, 5.41) is 11.9. The van der Waals surface area contributed by atoms with Gasteiger partial charge < -0.3 is 9.84 Å². The number of aliphatic carboxylic acids is 1. The molecular formula is C22H22N2O3. The lowest BCUT2D eigenvalue weighted by molar-refractivity contribution is -0.142. The number of hydrogen-bond acceptors (Lipinski definition) is 4. The van der Waals surface area contributed by atoms with Crippen LogP contribution in [0.25, 0.3) is 10.8 Å². The van der Waals surface area contributed by atoms with Crippen molar-refractivity contribution in [3.05, 3.63) is 72.1 Å². The second-order valence-corrected chi connectivity index (χ2v) is 6.86. The van der Waals surface area contributed by atoms with Gasteiger partial charge in [-0.05, 0) is 42.0 Å². The molecule has 1 N–H and O–H groups in total. The Morgan fingerprint density at radius 1 is 1.22 bits per heavy atom. The summed E-state index contributed by atoms with van der Waals surface area (Å²) in [5.41, 5.74) is 2.05. The molecule has 0 radical (unpaired) electrons. The number of pyridine rings is 1. The van der Waals surface area contributed by atoms with Gasteiger partial charge >= 0.3 is 5.97 Å². The Balaban J connectivity index is 1.88. The van der Waals surface area contributed by atoms with Crippen LogP contribution >= 0.6 is 0 Å². The maximum Gasteiger partial charge on any atom is 0.320 e. The van der Waals surface area contributed by atoms with Crippen LogP contribution in [0.3, 0.4) is 0 Å². The summed E-state index contributed by atoms with van der Waals surface area (Å²) in [5.74, 6) is 0.00533. The van der Waals surface area contributed by atoms with Gasteiger partial charge in [0.15, 0.2) is 0 Å². The lowest BCUT2D eigenvalue weighted by Crippen LogP contribution is -2.39.